The normalized spacial score (nSPS) is 22.8. The molecule has 2 unspecified atom stereocenters. The summed E-state index contributed by atoms with van der Waals surface area (Å²) in [6.07, 6.45) is 2.19. The molecule has 1 aliphatic heterocycles. The average Bonchev–Trinajstić information content (AvgIpc) is 3.44. The molecule has 1 saturated carbocycles. The molecule has 2 fully saturated rings. The van der Waals surface area contributed by atoms with Crippen LogP contribution in [0.5, 0.6) is 5.88 Å². The summed E-state index contributed by atoms with van der Waals surface area (Å²) < 4.78 is 7.14. The van der Waals surface area contributed by atoms with Gasteiger partial charge in [-0.25, -0.2) is 4.68 Å². The van der Waals surface area contributed by atoms with Gasteiger partial charge in [0.2, 0.25) is 11.7 Å². The number of hydrogen-bond acceptors (Lipinski definition) is 5. The molecule has 156 valence electrons. The summed E-state index contributed by atoms with van der Waals surface area (Å²) in [6, 6.07) is 3.33. The van der Waals surface area contributed by atoms with Crippen LogP contribution >= 0.6 is 23.2 Å². The number of rotatable bonds is 5. The standard InChI is InChI=1S/C21H25Cl2N3O3/c1-11-8-26(9-12(2)29-11)10-15-16(22)7-6-14(18(15)23)20(27)17-19(13-4-5-13)24-25(3)21(17)28/h6-7,11-13,28H,4-5,8-10H2,1-3H3. The van der Waals surface area contributed by atoms with Crippen LogP contribution in [-0.4, -0.2) is 50.9 Å². The third kappa shape index (κ3) is 4.04. The first-order valence-electron chi connectivity index (χ1n) is 9.91. The molecule has 1 aromatic heterocycles. The fraction of sp³-hybridized carbons (Fsp3) is 0.524. The molecular weight excluding hydrogens is 413 g/mol. The maximum atomic E-state index is 13.3. The second-order valence-electron chi connectivity index (χ2n) is 8.15. The van der Waals surface area contributed by atoms with Gasteiger partial charge in [-0.2, -0.15) is 5.10 Å². The Morgan fingerprint density at radius 3 is 2.52 bits per heavy atom. The Bertz CT molecular complexity index is 945. The number of benzene rings is 1. The lowest BCUT2D eigenvalue weighted by atomic mass is 9.99. The van der Waals surface area contributed by atoms with E-state index in [0.717, 1.165) is 31.5 Å². The molecule has 1 aromatic carbocycles. The number of aromatic nitrogens is 2. The van der Waals surface area contributed by atoms with Gasteiger partial charge < -0.3 is 9.84 Å². The van der Waals surface area contributed by atoms with Gasteiger partial charge in [0.1, 0.15) is 5.56 Å². The van der Waals surface area contributed by atoms with Crippen LogP contribution in [0.2, 0.25) is 10.0 Å². The maximum Gasteiger partial charge on any atom is 0.220 e. The van der Waals surface area contributed by atoms with Gasteiger partial charge >= 0.3 is 0 Å². The fourth-order valence-electron chi connectivity index (χ4n) is 4.09. The summed E-state index contributed by atoms with van der Waals surface area (Å²) in [5.41, 5.74) is 1.96. The van der Waals surface area contributed by atoms with E-state index in [9.17, 15) is 9.90 Å². The van der Waals surface area contributed by atoms with Crippen LogP contribution in [0.25, 0.3) is 0 Å². The van der Waals surface area contributed by atoms with Crippen molar-refractivity contribution < 1.29 is 14.6 Å². The van der Waals surface area contributed by atoms with Crippen molar-refractivity contribution in [2.45, 2.75) is 51.4 Å². The lowest BCUT2D eigenvalue weighted by molar-refractivity contribution is -0.0704. The Labute approximate surface area is 180 Å². The second-order valence-corrected chi connectivity index (χ2v) is 8.93. The summed E-state index contributed by atoms with van der Waals surface area (Å²) in [5.74, 6) is -0.215. The van der Waals surface area contributed by atoms with Crippen LogP contribution in [0.4, 0.5) is 0 Å². The fourth-order valence-corrected chi connectivity index (χ4v) is 4.66. The third-order valence-corrected chi connectivity index (χ3v) is 6.33. The van der Waals surface area contributed by atoms with Crippen molar-refractivity contribution in [1.82, 2.24) is 14.7 Å². The van der Waals surface area contributed by atoms with Gasteiger partial charge in [0.25, 0.3) is 0 Å². The number of halogens is 2. The molecule has 8 heteroatoms. The quantitative estimate of drug-likeness (QED) is 0.711. The number of carbonyl (C=O) groups is 1. The molecular formula is C21H25Cl2N3O3. The summed E-state index contributed by atoms with van der Waals surface area (Å²) in [7, 11) is 1.63. The predicted molar refractivity (Wildman–Crippen MR) is 112 cm³/mol. The lowest BCUT2D eigenvalue weighted by Crippen LogP contribution is -2.44. The number of aromatic hydroxyl groups is 1. The minimum atomic E-state index is -0.316. The molecule has 0 amide bonds. The zero-order chi connectivity index (χ0) is 20.9. The van der Waals surface area contributed by atoms with Crippen LogP contribution in [0, 0.1) is 0 Å². The molecule has 1 N–H and O–H groups in total. The molecule has 0 bridgehead atoms. The molecule has 4 rings (SSSR count). The number of nitrogens with zero attached hydrogens (tertiary/aromatic N) is 3. The minimum Gasteiger partial charge on any atom is -0.493 e. The smallest absolute Gasteiger partial charge is 0.220 e. The number of hydrogen-bond donors (Lipinski definition) is 1. The van der Waals surface area contributed by atoms with Crippen LogP contribution in [0.1, 0.15) is 59.8 Å². The first-order chi connectivity index (χ1) is 13.8. The SMILES string of the molecule is CC1CN(Cc2c(Cl)ccc(C(=O)c3c(C4CC4)nn(C)c3O)c2Cl)CC(C)O1. The predicted octanol–water partition coefficient (Wildman–Crippen LogP) is 4.15. The van der Waals surface area contributed by atoms with Gasteiger partial charge in [-0.3, -0.25) is 9.69 Å². The number of morpholine rings is 1. The highest BCUT2D eigenvalue weighted by atomic mass is 35.5. The van der Waals surface area contributed by atoms with E-state index in [4.69, 9.17) is 27.9 Å². The Kier molecular flexibility index (Phi) is 5.64. The van der Waals surface area contributed by atoms with E-state index < -0.39 is 0 Å². The van der Waals surface area contributed by atoms with Crippen molar-refractivity contribution in [3.05, 3.63) is 44.6 Å². The Morgan fingerprint density at radius 1 is 1.24 bits per heavy atom. The van der Waals surface area contributed by atoms with Gasteiger partial charge in [0.05, 0.1) is 22.9 Å². The first kappa shape index (κ1) is 20.7. The number of ether oxygens (including phenoxy) is 1. The topological polar surface area (TPSA) is 67.6 Å². The van der Waals surface area contributed by atoms with E-state index in [2.05, 4.69) is 10.00 Å². The van der Waals surface area contributed by atoms with E-state index in [0.29, 0.717) is 27.8 Å². The van der Waals surface area contributed by atoms with Crippen LogP contribution in [0.3, 0.4) is 0 Å². The van der Waals surface area contributed by atoms with Crippen molar-refractivity contribution in [1.29, 1.82) is 0 Å². The molecule has 29 heavy (non-hydrogen) atoms. The highest BCUT2D eigenvalue weighted by molar-refractivity contribution is 6.39. The molecule has 2 aliphatic rings. The second kappa shape index (κ2) is 7.91. The summed E-state index contributed by atoms with van der Waals surface area (Å²) in [6.45, 7) is 6.15. The monoisotopic (exact) mass is 437 g/mol. The van der Waals surface area contributed by atoms with Gasteiger partial charge in [0, 0.05) is 48.7 Å². The van der Waals surface area contributed by atoms with E-state index >= 15 is 0 Å². The maximum absolute atomic E-state index is 13.3. The van der Waals surface area contributed by atoms with E-state index in [-0.39, 0.29) is 35.4 Å². The van der Waals surface area contributed by atoms with E-state index in [1.807, 2.05) is 13.8 Å². The van der Waals surface area contributed by atoms with Crippen molar-refractivity contribution in [2.24, 2.45) is 7.05 Å². The summed E-state index contributed by atoms with van der Waals surface area (Å²) >= 11 is 13.1. The third-order valence-electron chi connectivity index (χ3n) is 5.54. The van der Waals surface area contributed by atoms with E-state index in [1.54, 1.807) is 19.2 Å². The number of ketones is 1. The van der Waals surface area contributed by atoms with Crippen LogP contribution in [0.15, 0.2) is 12.1 Å². The van der Waals surface area contributed by atoms with Gasteiger partial charge in [-0.1, -0.05) is 23.2 Å². The zero-order valence-corrected chi connectivity index (χ0v) is 18.3. The minimum absolute atomic E-state index is 0.120. The van der Waals surface area contributed by atoms with Crippen molar-refractivity contribution in [3.63, 3.8) is 0 Å². The van der Waals surface area contributed by atoms with Crippen molar-refractivity contribution >= 4 is 29.0 Å². The van der Waals surface area contributed by atoms with Gasteiger partial charge in [-0.05, 0) is 38.8 Å². The van der Waals surface area contributed by atoms with Crippen molar-refractivity contribution in [2.75, 3.05) is 13.1 Å². The Balaban J connectivity index is 1.68. The molecule has 2 atom stereocenters. The Morgan fingerprint density at radius 2 is 1.90 bits per heavy atom. The van der Waals surface area contributed by atoms with E-state index in [1.165, 1.54) is 4.68 Å². The largest absolute Gasteiger partial charge is 0.493 e. The van der Waals surface area contributed by atoms with Gasteiger partial charge in [-0.15, -0.1) is 0 Å². The van der Waals surface area contributed by atoms with Crippen LogP contribution in [-0.2, 0) is 18.3 Å². The molecule has 6 nitrogen and oxygen atoms in total. The molecule has 1 saturated heterocycles. The molecule has 1 aliphatic carbocycles. The Hall–Kier alpha value is -1.60. The van der Waals surface area contributed by atoms with Crippen LogP contribution < -0.4 is 0 Å². The highest BCUT2D eigenvalue weighted by Gasteiger charge is 2.35. The molecule has 0 spiro atoms. The summed E-state index contributed by atoms with van der Waals surface area (Å²) in [5, 5.41) is 15.7. The first-order valence-corrected chi connectivity index (χ1v) is 10.7. The summed E-state index contributed by atoms with van der Waals surface area (Å²) in [4.78, 5) is 15.6. The number of carbonyl (C=O) groups excluding carboxylic acids is 1. The molecule has 2 heterocycles. The molecule has 0 radical (unpaired) electrons. The zero-order valence-electron chi connectivity index (χ0n) is 16.8. The number of aryl methyl sites for hydroxylation is 1. The van der Waals surface area contributed by atoms with Gasteiger partial charge in [0.15, 0.2) is 0 Å². The van der Waals surface area contributed by atoms with Crippen molar-refractivity contribution in [3.8, 4) is 5.88 Å². The average molecular weight is 438 g/mol. The lowest BCUT2D eigenvalue weighted by Gasteiger charge is -2.35. The highest BCUT2D eigenvalue weighted by Crippen LogP contribution is 2.44. The molecule has 2 aromatic rings.